The maximum absolute atomic E-state index is 13.0. The summed E-state index contributed by atoms with van der Waals surface area (Å²) in [5.74, 6) is 0. The molecule has 206 valence electrons. The van der Waals surface area contributed by atoms with Crippen molar-refractivity contribution in [2.75, 3.05) is 40.9 Å². The van der Waals surface area contributed by atoms with Crippen LogP contribution in [0.2, 0.25) is 0 Å². The predicted octanol–water partition coefficient (Wildman–Crippen LogP) is 0.818. The number of hydrogen-bond acceptors (Lipinski definition) is 9. The highest BCUT2D eigenvalue weighted by atomic mass is 35.5. The fourth-order valence-corrected chi connectivity index (χ4v) is 7.27. The number of ether oxygens (including phenoxy) is 2. The van der Waals surface area contributed by atoms with Crippen LogP contribution in [0.15, 0.2) is 0 Å². The Bertz CT molecular complexity index is 829. The summed E-state index contributed by atoms with van der Waals surface area (Å²) < 4.78 is 51.1. The summed E-state index contributed by atoms with van der Waals surface area (Å²) in [6.07, 6.45) is -0.935. The number of epoxide rings is 2. The number of nitrogens with one attached hydrogen (secondary N) is 2. The zero-order valence-corrected chi connectivity index (χ0v) is 22.1. The van der Waals surface area contributed by atoms with Gasteiger partial charge in [0.1, 0.15) is 18.4 Å². The lowest BCUT2D eigenvalue weighted by Gasteiger charge is -2.55. The third-order valence-electron chi connectivity index (χ3n) is 9.24. The summed E-state index contributed by atoms with van der Waals surface area (Å²) in [6.45, 7) is 4.09. The van der Waals surface area contributed by atoms with E-state index in [0.717, 1.165) is 52.4 Å². The van der Waals surface area contributed by atoms with Gasteiger partial charge in [0.2, 0.25) is 0 Å². The standard InChI is InChI=1S/C23H39ClF3N7O2/c1-12(23(25,26)27)28-19-18(35-19)14-5-6-15-21(32(14)4)34(13-7-8-33(15)10-13)22-20(36-22)29-17-9-16(24)30(2)11-31(17)3/h12-22,28-29H,5-11H2,1-4H3/t12-,13+,14?,15?,16?,17?,18?,19?,20?,21?,22?/m1/s1. The molecule has 6 aliphatic heterocycles. The van der Waals surface area contributed by atoms with Crippen molar-refractivity contribution in [1.29, 1.82) is 0 Å². The highest BCUT2D eigenvalue weighted by molar-refractivity contribution is 6.20. The zero-order chi connectivity index (χ0) is 25.5. The van der Waals surface area contributed by atoms with Crippen LogP contribution in [0.1, 0.15) is 32.6 Å². The van der Waals surface area contributed by atoms with E-state index in [1.807, 2.05) is 7.05 Å². The van der Waals surface area contributed by atoms with Crippen molar-refractivity contribution in [3.05, 3.63) is 0 Å². The Labute approximate surface area is 216 Å². The van der Waals surface area contributed by atoms with E-state index in [4.69, 9.17) is 21.1 Å². The molecule has 0 aromatic heterocycles. The number of rotatable bonds is 6. The molecule has 36 heavy (non-hydrogen) atoms. The van der Waals surface area contributed by atoms with Crippen LogP contribution in [0, 0.1) is 0 Å². The molecule has 6 aliphatic rings. The molecule has 0 spiro atoms. The molecule has 10 unspecified atom stereocenters. The van der Waals surface area contributed by atoms with Gasteiger partial charge in [-0.3, -0.25) is 35.1 Å². The first-order valence-electron chi connectivity index (χ1n) is 13.2. The Hall–Kier alpha value is -0.280. The minimum absolute atomic E-state index is 0.00919. The van der Waals surface area contributed by atoms with Crippen molar-refractivity contribution in [2.24, 2.45) is 0 Å². The first-order valence-corrected chi connectivity index (χ1v) is 13.6. The summed E-state index contributed by atoms with van der Waals surface area (Å²) >= 11 is 6.51. The second-order valence-electron chi connectivity index (χ2n) is 11.6. The van der Waals surface area contributed by atoms with Crippen molar-refractivity contribution in [3.8, 4) is 0 Å². The molecule has 6 fully saturated rings. The van der Waals surface area contributed by atoms with E-state index in [2.05, 4.69) is 49.2 Å². The largest absolute Gasteiger partial charge is 0.403 e. The normalized spacial score (nSPS) is 49.2. The molecule has 6 heterocycles. The topological polar surface area (TPSA) is 65.3 Å². The number of halogens is 4. The number of nitrogens with zero attached hydrogens (tertiary/aromatic N) is 5. The van der Waals surface area contributed by atoms with Crippen LogP contribution in [-0.4, -0.2) is 138 Å². The van der Waals surface area contributed by atoms with Crippen LogP contribution in [0.3, 0.4) is 0 Å². The summed E-state index contributed by atoms with van der Waals surface area (Å²) in [5.41, 5.74) is -0.0101. The number of likely N-dealkylation sites (N-methyl/N-ethyl adjacent to an activating group) is 1. The molecule has 2 bridgehead atoms. The van der Waals surface area contributed by atoms with Gasteiger partial charge in [-0.1, -0.05) is 0 Å². The molecule has 9 nitrogen and oxygen atoms in total. The Morgan fingerprint density at radius 3 is 2.50 bits per heavy atom. The van der Waals surface area contributed by atoms with Crippen LogP contribution in [0.5, 0.6) is 0 Å². The van der Waals surface area contributed by atoms with Gasteiger partial charge in [0, 0.05) is 37.6 Å². The van der Waals surface area contributed by atoms with Crippen LogP contribution in [0.4, 0.5) is 13.2 Å². The minimum Gasteiger partial charge on any atom is -0.352 e. The molecule has 0 amide bonds. The van der Waals surface area contributed by atoms with Gasteiger partial charge >= 0.3 is 6.18 Å². The van der Waals surface area contributed by atoms with E-state index >= 15 is 0 Å². The van der Waals surface area contributed by atoms with Gasteiger partial charge in [-0.25, -0.2) is 0 Å². The summed E-state index contributed by atoms with van der Waals surface area (Å²) in [4.78, 5) is 11.9. The van der Waals surface area contributed by atoms with Gasteiger partial charge in [0.05, 0.1) is 24.5 Å². The third-order valence-corrected chi connectivity index (χ3v) is 9.75. The zero-order valence-electron chi connectivity index (χ0n) is 21.4. The Morgan fingerprint density at radius 1 is 1.00 bits per heavy atom. The molecular weight excluding hydrogens is 499 g/mol. The minimum atomic E-state index is -4.27. The highest BCUT2D eigenvalue weighted by Crippen LogP contribution is 2.45. The Balaban J connectivity index is 1.12. The lowest BCUT2D eigenvalue weighted by Crippen LogP contribution is -2.70. The van der Waals surface area contributed by atoms with E-state index in [0.29, 0.717) is 12.1 Å². The number of hydrogen-bond donors (Lipinski definition) is 2. The van der Waals surface area contributed by atoms with Crippen molar-refractivity contribution in [1.82, 2.24) is 35.1 Å². The monoisotopic (exact) mass is 537 g/mol. The van der Waals surface area contributed by atoms with E-state index in [-0.39, 0.29) is 42.4 Å². The molecule has 13 heteroatoms. The van der Waals surface area contributed by atoms with Crippen molar-refractivity contribution in [2.45, 2.75) is 106 Å². The summed E-state index contributed by atoms with van der Waals surface area (Å²) in [7, 11) is 6.24. The van der Waals surface area contributed by atoms with Crippen molar-refractivity contribution < 1.29 is 22.6 Å². The van der Waals surface area contributed by atoms with Gasteiger partial charge in [-0.2, -0.15) is 13.2 Å². The average Bonchev–Trinajstić information content (AvgIpc) is 3.70. The lowest BCUT2D eigenvalue weighted by molar-refractivity contribution is -0.153. The summed E-state index contributed by atoms with van der Waals surface area (Å²) in [5, 5.41) is 6.30. The average molecular weight is 538 g/mol. The number of piperidine rings is 1. The van der Waals surface area contributed by atoms with Gasteiger partial charge in [0.25, 0.3) is 0 Å². The van der Waals surface area contributed by atoms with E-state index in [9.17, 15) is 13.2 Å². The predicted molar refractivity (Wildman–Crippen MR) is 128 cm³/mol. The van der Waals surface area contributed by atoms with E-state index < -0.39 is 18.4 Å². The maximum Gasteiger partial charge on any atom is 0.403 e. The first kappa shape index (κ1) is 26.0. The number of fused-ring (bicyclic) bond motifs is 4. The quantitative estimate of drug-likeness (QED) is 0.291. The van der Waals surface area contributed by atoms with Gasteiger partial charge in [-0.05, 0) is 47.3 Å². The highest BCUT2D eigenvalue weighted by Gasteiger charge is 2.61. The fraction of sp³-hybridized carbons (Fsp3) is 1.00. The third kappa shape index (κ3) is 4.69. The number of alkyl halides is 4. The number of piperazine rings is 1. The Morgan fingerprint density at radius 2 is 1.75 bits per heavy atom. The van der Waals surface area contributed by atoms with Gasteiger partial charge < -0.3 is 9.47 Å². The molecule has 6 rings (SSSR count). The maximum atomic E-state index is 13.0. The summed E-state index contributed by atoms with van der Waals surface area (Å²) in [6, 6.07) is -0.696. The van der Waals surface area contributed by atoms with Crippen LogP contribution in [0.25, 0.3) is 0 Å². The molecule has 0 radical (unpaired) electrons. The fourth-order valence-electron chi connectivity index (χ4n) is 7.04. The molecular formula is C23H39ClF3N7O2. The van der Waals surface area contributed by atoms with Gasteiger partial charge in [0.15, 0.2) is 12.5 Å². The molecule has 0 aromatic rings. The molecule has 0 aromatic carbocycles. The van der Waals surface area contributed by atoms with Crippen LogP contribution >= 0.6 is 11.6 Å². The van der Waals surface area contributed by atoms with Gasteiger partial charge in [-0.15, -0.1) is 11.6 Å². The second-order valence-corrected chi connectivity index (χ2v) is 12.1. The molecule has 12 atom stereocenters. The molecule has 0 saturated carbocycles. The van der Waals surface area contributed by atoms with E-state index in [1.165, 1.54) is 0 Å². The second kappa shape index (κ2) is 9.42. The number of likely N-dealkylation sites (tertiary alicyclic amines) is 1. The lowest BCUT2D eigenvalue weighted by atomic mass is 9.90. The molecule has 0 aliphatic carbocycles. The van der Waals surface area contributed by atoms with Crippen LogP contribution < -0.4 is 10.6 Å². The smallest absolute Gasteiger partial charge is 0.352 e. The van der Waals surface area contributed by atoms with Crippen molar-refractivity contribution in [3.63, 3.8) is 0 Å². The SMILES string of the molecule is C[C@@H](NC1OC1C1CCC2C(N1C)N(C1OC1NC1CC(Cl)N(C)CN1C)[C@H]1CCN2C1)C(F)(F)F. The van der Waals surface area contributed by atoms with Crippen molar-refractivity contribution >= 4 is 11.6 Å². The van der Waals surface area contributed by atoms with E-state index in [1.54, 1.807) is 0 Å². The van der Waals surface area contributed by atoms with Crippen LogP contribution in [-0.2, 0) is 9.47 Å². The molecule has 6 saturated heterocycles. The Kier molecular flexibility index (Phi) is 6.80. The first-order chi connectivity index (χ1) is 17.0. The molecule has 2 N–H and O–H groups in total.